The highest BCUT2D eigenvalue weighted by Gasteiger charge is 2.16. The van der Waals surface area contributed by atoms with Gasteiger partial charge in [-0.15, -0.1) is 4.91 Å². The van der Waals surface area contributed by atoms with Crippen LogP contribution < -0.4 is 0 Å². The van der Waals surface area contributed by atoms with Gasteiger partial charge < -0.3 is 4.74 Å². The SMILES string of the molecule is CCC(OC(C)=O)N(CC)N=O. The number of esters is 1. The van der Waals surface area contributed by atoms with Crippen molar-refractivity contribution in [1.29, 1.82) is 0 Å². The molecule has 0 aliphatic rings. The van der Waals surface area contributed by atoms with Gasteiger partial charge in [-0.3, -0.25) is 4.79 Å². The highest BCUT2D eigenvalue weighted by atomic mass is 16.6. The Morgan fingerprint density at radius 1 is 1.58 bits per heavy atom. The second-order valence-corrected chi connectivity index (χ2v) is 2.31. The molecule has 0 spiro atoms. The number of nitroso groups, excluding NO2 is 1. The Kier molecular flexibility index (Phi) is 4.99. The Morgan fingerprint density at radius 3 is 2.42 bits per heavy atom. The van der Waals surface area contributed by atoms with Gasteiger partial charge in [0.15, 0.2) is 6.23 Å². The quantitative estimate of drug-likeness (QED) is 0.273. The van der Waals surface area contributed by atoms with E-state index in [4.69, 9.17) is 4.74 Å². The van der Waals surface area contributed by atoms with Gasteiger partial charge in [0.25, 0.3) is 0 Å². The van der Waals surface area contributed by atoms with E-state index in [0.717, 1.165) is 0 Å². The average Bonchev–Trinajstić information content (AvgIpc) is 2.04. The van der Waals surface area contributed by atoms with Crippen LogP contribution in [0.4, 0.5) is 0 Å². The molecule has 0 aromatic carbocycles. The molecule has 0 heterocycles. The van der Waals surface area contributed by atoms with E-state index < -0.39 is 12.2 Å². The molecule has 0 saturated carbocycles. The van der Waals surface area contributed by atoms with Crippen molar-refractivity contribution in [1.82, 2.24) is 5.01 Å². The Bertz CT molecular complexity index is 161. The van der Waals surface area contributed by atoms with Crippen LogP contribution in [0.3, 0.4) is 0 Å². The molecule has 12 heavy (non-hydrogen) atoms. The van der Waals surface area contributed by atoms with Crippen molar-refractivity contribution in [2.24, 2.45) is 5.29 Å². The second kappa shape index (κ2) is 5.51. The molecule has 0 radical (unpaired) electrons. The van der Waals surface area contributed by atoms with Gasteiger partial charge in [0, 0.05) is 19.9 Å². The molecule has 0 N–H and O–H groups in total. The highest BCUT2D eigenvalue weighted by molar-refractivity contribution is 5.66. The summed E-state index contributed by atoms with van der Waals surface area (Å²) in [5.74, 6) is -0.399. The summed E-state index contributed by atoms with van der Waals surface area (Å²) >= 11 is 0. The van der Waals surface area contributed by atoms with E-state index in [-0.39, 0.29) is 0 Å². The minimum absolute atomic E-state index is 0.399. The summed E-state index contributed by atoms with van der Waals surface area (Å²) in [5.41, 5.74) is 0. The largest absolute Gasteiger partial charge is 0.440 e. The summed E-state index contributed by atoms with van der Waals surface area (Å²) < 4.78 is 4.84. The Labute approximate surface area is 71.6 Å². The number of carbonyl (C=O) groups excluding carboxylic acids is 1. The van der Waals surface area contributed by atoms with Crippen molar-refractivity contribution in [3.05, 3.63) is 4.91 Å². The van der Waals surface area contributed by atoms with Crippen LogP contribution in [-0.2, 0) is 9.53 Å². The summed E-state index contributed by atoms with van der Waals surface area (Å²) in [4.78, 5) is 20.8. The van der Waals surface area contributed by atoms with E-state index in [0.29, 0.717) is 13.0 Å². The Morgan fingerprint density at radius 2 is 2.17 bits per heavy atom. The molecule has 0 bridgehead atoms. The molecule has 0 saturated heterocycles. The number of hydrogen-bond donors (Lipinski definition) is 0. The van der Waals surface area contributed by atoms with Gasteiger partial charge in [0.2, 0.25) is 0 Å². The van der Waals surface area contributed by atoms with Crippen LogP contribution in [0.1, 0.15) is 27.2 Å². The molecule has 0 fully saturated rings. The van der Waals surface area contributed by atoms with Gasteiger partial charge >= 0.3 is 5.97 Å². The maximum absolute atomic E-state index is 10.6. The first-order valence-corrected chi connectivity index (χ1v) is 3.92. The van der Waals surface area contributed by atoms with Crippen LogP contribution in [0.25, 0.3) is 0 Å². The molecule has 0 aliphatic carbocycles. The minimum Gasteiger partial charge on any atom is -0.440 e. The molecule has 1 unspecified atom stereocenters. The highest BCUT2D eigenvalue weighted by Crippen LogP contribution is 2.05. The lowest BCUT2D eigenvalue weighted by molar-refractivity contribution is -0.156. The number of rotatable bonds is 5. The maximum Gasteiger partial charge on any atom is 0.304 e. The number of nitrogens with zero attached hydrogens (tertiary/aromatic N) is 2. The van der Waals surface area contributed by atoms with E-state index in [1.807, 2.05) is 6.92 Å². The molecule has 1 atom stereocenters. The smallest absolute Gasteiger partial charge is 0.304 e. The minimum atomic E-state index is -0.523. The van der Waals surface area contributed by atoms with Gasteiger partial charge in [0.1, 0.15) is 0 Å². The fourth-order valence-electron chi connectivity index (χ4n) is 0.860. The summed E-state index contributed by atoms with van der Waals surface area (Å²) in [6, 6.07) is 0. The van der Waals surface area contributed by atoms with Gasteiger partial charge in [-0.05, 0) is 6.92 Å². The first-order valence-electron chi connectivity index (χ1n) is 3.92. The van der Waals surface area contributed by atoms with E-state index in [1.165, 1.54) is 11.9 Å². The zero-order valence-corrected chi connectivity index (χ0v) is 7.61. The van der Waals surface area contributed by atoms with Crippen molar-refractivity contribution in [2.45, 2.75) is 33.4 Å². The number of ether oxygens (including phenoxy) is 1. The Balaban J connectivity index is 4.10. The topological polar surface area (TPSA) is 59.0 Å². The van der Waals surface area contributed by atoms with E-state index in [2.05, 4.69) is 5.29 Å². The molecular formula is C7H14N2O3. The zero-order valence-electron chi connectivity index (χ0n) is 7.61. The monoisotopic (exact) mass is 174 g/mol. The lowest BCUT2D eigenvalue weighted by Crippen LogP contribution is -2.33. The first-order chi connectivity index (χ1) is 5.65. The molecule has 0 aliphatic heterocycles. The predicted molar refractivity (Wildman–Crippen MR) is 44.0 cm³/mol. The van der Waals surface area contributed by atoms with Gasteiger partial charge in [-0.1, -0.05) is 6.92 Å². The van der Waals surface area contributed by atoms with Crippen LogP contribution in [0.2, 0.25) is 0 Å². The average molecular weight is 174 g/mol. The van der Waals surface area contributed by atoms with Crippen molar-refractivity contribution in [2.75, 3.05) is 6.54 Å². The first kappa shape index (κ1) is 10.9. The molecular weight excluding hydrogens is 160 g/mol. The Hall–Kier alpha value is -1.13. The third-order valence-corrected chi connectivity index (χ3v) is 1.41. The summed E-state index contributed by atoms with van der Waals surface area (Å²) in [6.07, 6.45) is 0.0316. The molecule has 0 rings (SSSR count). The molecule has 70 valence electrons. The standard InChI is InChI=1S/C7H14N2O3/c1-4-7(12-6(3)10)9(5-2)8-11/h7H,4-5H2,1-3H3. The summed E-state index contributed by atoms with van der Waals surface area (Å²) in [7, 11) is 0. The van der Waals surface area contributed by atoms with E-state index in [1.54, 1.807) is 6.92 Å². The predicted octanol–water partition coefficient (Wildman–Crippen LogP) is 1.29. The normalized spacial score (nSPS) is 11.9. The van der Waals surface area contributed by atoms with Gasteiger partial charge in [-0.25, -0.2) is 5.01 Å². The summed E-state index contributed by atoms with van der Waals surface area (Å²) in [5, 5.41) is 3.93. The van der Waals surface area contributed by atoms with Crippen LogP contribution >= 0.6 is 0 Å². The molecule has 5 nitrogen and oxygen atoms in total. The lowest BCUT2D eigenvalue weighted by atomic mass is 10.4. The molecule has 0 aromatic heterocycles. The van der Waals surface area contributed by atoms with Crippen molar-refractivity contribution in [3.63, 3.8) is 0 Å². The number of hydrogen-bond acceptors (Lipinski definition) is 4. The fourth-order valence-corrected chi connectivity index (χ4v) is 0.860. The molecule has 0 amide bonds. The van der Waals surface area contributed by atoms with E-state index in [9.17, 15) is 9.70 Å². The summed E-state index contributed by atoms with van der Waals surface area (Å²) in [6.45, 7) is 5.34. The van der Waals surface area contributed by atoms with Crippen molar-refractivity contribution < 1.29 is 9.53 Å². The third-order valence-electron chi connectivity index (χ3n) is 1.41. The fraction of sp³-hybridized carbons (Fsp3) is 0.857. The van der Waals surface area contributed by atoms with Crippen molar-refractivity contribution in [3.8, 4) is 0 Å². The van der Waals surface area contributed by atoms with E-state index >= 15 is 0 Å². The van der Waals surface area contributed by atoms with Crippen LogP contribution in [0, 0.1) is 4.91 Å². The van der Waals surface area contributed by atoms with Crippen LogP contribution in [0.15, 0.2) is 5.29 Å². The zero-order chi connectivity index (χ0) is 9.56. The molecule has 5 heteroatoms. The van der Waals surface area contributed by atoms with Gasteiger partial charge in [-0.2, -0.15) is 0 Å². The maximum atomic E-state index is 10.6. The lowest BCUT2D eigenvalue weighted by Gasteiger charge is -2.22. The third kappa shape index (κ3) is 3.32. The molecule has 0 aromatic rings. The second-order valence-electron chi connectivity index (χ2n) is 2.31. The number of carbonyl (C=O) groups is 1. The van der Waals surface area contributed by atoms with Crippen LogP contribution in [-0.4, -0.2) is 23.8 Å². The van der Waals surface area contributed by atoms with Crippen LogP contribution in [0.5, 0.6) is 0 Å². The van der Waals surface area contributed by atoms with Gasteiger partial charge in [0.05, 0.1) is 5.29 Å². The van der Waals surface area contributed by atoms with Crippen molar-refractivity contribution >= 4 is 5.97 Å².